The van der Waals surface area contributed by atoms with E-state index in [0.717, 1.165) is 12.1 Å². The summed E-state index contributed by atoms with van der Waals surface area (Å²) in [6, 6.07) is 45.3. The summed E-state index contributed by atoms with van der Waals surface area (Å²) in [6.07, 6.45) is 31.4. The predicted molar refractivity (Wildman–Crippen MR) is 451 cm³/mol. The van der Waals surface area contributed by atoms with E-state index in [0.29, 0.717) is 55.2 Å². The van der Waals surface area contributed by atoms with Crippen LogP contribution in [0.2, 0.25) is 0 Å². The van der Waals surface area contributed by atoms with E-state index in [9.17, 15) is 0 Å². The molecule has 0 N–H and O–H groups in total. The summed E-state index contributed by atoms with van der Waals surface area (Å²) in [5, 5.41) is 0. The lowest BCUT2D eigenvalue weighted by molar-refractivity contribution is 0.177. The molecular weight excluding hydrogens is 1280 g/mol. The fraction of sp³-hybridized carbons (Fsp3) is 0.644. The van der Waals surface area contributed by atoms with Crippen LogP contribution in [0.4, 0.5) is 0 Å². The Morgan fingerprint density at radius 1 is 0.279 bits per heavy atom. The SMILES string of the molecule is CC1N(C)C(c2ccccc2)=C(c2ccccc2)N1C.CC1N(C)C(c2ccccc2)C(c2ccccc2)N1C.CC1N(C)C=CN1C.CC1N(C)CCN1C.CCCCC1=C(CCCC)N(C)C(C)N1C.CCCCC1=C(CCCC)N(C)C(C)N1C.CCCCC1C(CCCC)N(C)C(C)N1C. The molecule has 7 heterocycles. The summed E-state index contributed by atoms with van der Waals surface area (Å²) >= 11 is 0. The van der Waals surface area contributed by atoms with Gasteiger partial charge in [-0.1, -0.05) is 214 Å². The highest BCUT2D eigenvalue weighted by molar-refractivity contribution is 5.91. The minimum atomic E-state index is 0.361. The van der Waals surface area contributed by atoms with Gasteiger partial charge in [0.25, 0.3) is 0 Å². The molecule has 584 valence electrons. The molecule has 104 heavy (non-hydrogen) atoms. The first-order valence-electron chi connectivity index (χ1n) is 40.9. The van der Waals surface area contributed by atoms with E-state index >= 15 is 0 Å². The van der Waals surface area contributed by atoms with Crippen molar-refractivity contribution in [2.45, 2.75) is 273 Å². The van der Waals surface area contributed by atoms with Crippen molar-refractivity contribution in [3.8, 4) is 0 Å². The Labute approximate surface area is 640 Å². The van der Waals surface area contributed by atoms with Gasteiger partial charge in [-0.2, -0.15) is 0 Å². The molecule has 3 saturated heterocycles. The predicted octanol–water partition coefficient (Wildman–Crippen LogP) is 19.2. The lowest BCUT2D eigenvalue weighted by atomic mass is 9.93. The van der Waals surface area contributed by atoms with Crippen LogP contribution in [0.3, 0.4) is 0 Å². The number of hydrogen-bond acceptors (Lipinski definition) is 14. The summed E-state index contributed by atoms with van der Waals surface area (Å²) in [7, 11) is 30.8. The molecule has 0 radical (unpaired) electrons. The van der Waals surface area contributed by atoms with Gasteiger partial charge in [0.15, 0.2) is 0 Å². The molecular formula is C90H154N14. The van der Waals surface area contributed by atoms with Crippen LogP contribution in [0, 0.1) is 0 Å². The Balaban J connectivity index is 0.000000222. The average molecular weight is 1430 g/mol. The van der Waals surface area contributed by atoms with E-state index in [2.05, 4.69) is 391 Å². The van der Waals surface area contributed by atoms with Crippen LogP contribution in [0.15, 0.2) is 157 Å². The number of unbranched alkanes of at least 4 members (excludes halogenated alkanes) is 6. The van der Waals surface area contributed by atoms with Gasteiger partial charge in [0, 0.05) is 117 Å². The molecule has 3 fully saturated rings. The zero-order valence-electron chi connectivity index (χ0n) is 71.5. The van der Waals surface area contributed by atoms with Crippen molar-refractivity contribution >= 4 is 11.4 Å². The van der Waals surface area contributed by atoms with Gasteiger partial charge in [-0.15, -0.1) is 0 Å². The number of likely N-dealkylation sites (N-methyl/N-ethyl adjacent to an activating group) is 6. The van der Waals surface area contributed by atoms with E-state index in [-0.39, 0.29) is 0 Å². The molecule has 14 nitrogen and oxygen atoms in total. The topological polar surface area (TPSA) is 45.4 Å². The summed E-state index contributed by atoms with van der Waals surface area (Å²) in [4.78, 5) is 33.6. The fourth-order valence-electron chi connectivity index (χ4n) is 15.8. The first-order chi connectivity index (χ1) is 49.7. The first-order valence-corrected chi connectivity index (χ1v) is 40.9. The van der Waals surface area contributed by atoms with Gasteiger partial charge in [0.1, 0.15) is 0 Å². The number of nitrogens with zero attached hydrogens (tertiary/aromatic N) is 14. The maximum absolute atomic E-state index is 2.58. The summed E-state index contributed by atoms with van der Waals surface area (Å²) in [5.41, 5.74) is 14.3. The van der Waals surface area contributed by atoms with Gasteiger partial charge in [-0.3, -0.25) is 29.4 Å². The Bertz CT molecular complexity index is 2870. The number of hydrogen-bond donors (Lipinski definition) is 0. The van der Waals surface area contributed by atoms with E-state index in [4.69, 9.17) is 0 Å². The minimum Gasteiger partial charge on any atom is -0.359 e. The average Bonchev–Trinajstić information content (AvgIpc) is 1.62. The van der Waals surface area contributed by atoms with Crippen molar-refractivity contribution in [3.05, 3.63) is 179 Å². The normalized spacial score (nSPS) is 22.6. The lowest BCUT2D eigenvalue weighted by Gasteiger charge is -2.26. The maximum atomic E-state index is 2.58. The third-order valence-electron chi connectivity index (χ3n) is 24.6. The lowest BCUT2D eigenvalue weighted by Crippen LogP contribution is -2.35. The molecule has 0 saturated carbocycles. The zero-order valence-corrected chi connectivity index (χ0v) is 71.5. The van der Waals surface area contributed by atoms with E-state index in [1.165, 1.54) is 162 Å². The molecule has 4 aromatic rings. The van der Waals surface area contributed by atoms with Crippen LogP contribution in [-0.4, -0.2) is 236 Å². The van der Waals surface area contributed by atoms with Crippen molar-refractivity contribution in [2.24, 2.45) is 0 Å². The van der Waals surface area contributed by atoms with Crippen molar-refractivity contribution < 1.29 is 0 Å². The summed E-state index contributed by atoms with van der Waals surface area (Å²) in [6.45, 7) is 32.0. The highest BCUT2D eigenvalue weighted by Crippen LogP contribution is 2.45. The van der Waals surface area contributed by atoms with Crippen LogP contribution in [0.1, 0.15) is 240 Å². The maximum Gasteiger partial charge on any atom is 0.0982 e. The monoisotopic (exact) mass is 1430 g/mol. The highest BCUT2D eigenvalue weighted by Gasteiger charge is 2.43. The molecule has 11 rings (SSSR count). The van der Waals surface area contributed by atoms with Crippen molar-refractivity contribution in [1.29, 1.82) is 0 Å². The summed E-state index contributed by atoms with van der Waals surface area (Å²) < 4.78 is 0. The van der Waals surface area contributed by atoms with Gasteiger partial charge in [0.2, 0.25) is 0 Å². The first kappa shape index (κ1) is 88.6. The molecule has 0 bridgehead atoms. The molecule has 0 amide bonds. The van der Waals surface area contributed by atoms with Crippen LogP contribution < -0.4 is 0 Å². The Hall–Kier alpha value is -6.00. The smallest absolute Gasteiger partial charge is 0.0982 e. The van der Waals surface area contributed by atoms with Crippen molar-refractivity contribution in [1.82, 2.24) is 68.6 Å². The molecule has 14 heteroatoms. The molecule has 4 unspecified atom stereocenters. The Morgan fingerprint density at radius 3 is 0.779 bits per heavy atom. The quantitative estimate of drug-likeness (QED) is 0.0750. The van der Waals surface area contributed by atoms with Crippen LogP contribution >= 0.6 is 0 Å². The van der Waals surface area contributed by atoms with E-state index in [1.54, 1.807) is 22.8 Å². The molecule has 4 atom stereocenters. The Kier molecular flexibility index (Phi) is 38.3. The van der Waals surface area contributed by atoms with Gasteiger partial charge < -0.3 is 39.2 Å². The number of allylic oxidation sites excluding steroid dienone is 4. The summed E-state index contributed by atoms with van der Waals surface area (Å²) in [5.74, 6) is 0. The number of rotatable bonds is 22. The highest BCUT2D eigenvalue weighted by atomic mass is 15.4. The minimum absolute atomic E-state index is 0.361. The van der Waals surface area contributed by atoms with Crippen LogP contribution in [-0.2, 0) is 0 Å². The largest absolute Gasteiger partial charge is 0.359 e. The van der Waals surface area contributed by atoms with Gasteiger partial charge in [0.05, 0.1) is 66.6 Å². The molecule has 0 aliphatic carbocycles. The number of benzene rings is 4. The van der Waals surface area contributed by atoms with Crippen molar-refractivity contribution in [3.63, 3.8) is 0 Å². The molecule has 7 aliphatic heterocycles. The Morgan fingerprint density at radius 2 is 0.538 bits per heavy atom. The second kappa shape index (κ2) is 45.0. The van der Waals surface area contributed by atoms with Gasteiger partial charge >= 0.3 is 0 Å². The van der Waals surface area contributed by atoms with Gasteiger partial charge in [-0.25, -0.2) is 0 Å². The third-order valence-corrected chi connectivity index (χ3v) is 24.6. The zero-order chi connectivity index (χ0) is 76.9. The van der Waals surface area contributed by atoms with E-state index < -0.39 is 0 Å². The second-order valence-corrected chi connectivity index (χ2v) is 31.1. The molecule has 7 aliphatic rings. The fourth-order valence-corrected chi connectivity index (χ4v) is 15.8. The van der Waals surface area contributed by atoms with Crippen molar-refractivity contribution in [2.75, 3.05) is 112 Å². The molecule has 4 aromatic carbocycles. The second-order valence-electron chi connectivity index (χ2n) is 31.1. The van der Waals surface area contributed by atoms with Gasteiger partial charge in [-0.05, 0) is 177 Å². The van der Waals surface area contributed by atoms with E-state index in [1.807, 2.05) is 0 Å². The van der Waals surface area contributed by atoms with Crippen LogP contribution in [0.5, 0.6) is 0 Å². The standard InChI is InChI=1S/C18H22N2.C18H20N2.C14H30N2.2C14H28N2.C6H14N2.C6H12N2/c2*1-14-19(2)17(15-10-6-4-7-11-15)18(20(14)3)16-12-8-5-9-13-16;3*1-6-8-10-13-14(11-9-7-2)16(5)12(3)15(13)4;2*1-6-7(2)4-5-8(6)3/h4-14,17-18H,1-3H3;4-14H,1-3H3;12-14H,6-11H2,1-5H3;2*12H,6-11H2,1-5H3;6H,4-5H2,1-3H3;4-6H,1-3H3. The molecule has 0 spiro atoms. The van der Waals surface area contributed by atoms with Crippen LogP contribution in [0.25, 0.3) is 11.4 Å². The third kappa shape index (κ3) is 23.5. The molecule has 0 aromatic heterocycles.